The summed E-state index contributed by atoms with van der Waals surface area (Å²) >= 11 is 0. The molecule has 0 spiro atoms. The zero-order valence-corrected chi connectivity index (χ0v) is 16.4. The van der Waals surface area contributed by atoms with Gasteiger partial charge in [-0.15, -0.1) is 0 Å². The third-order valence-electron chi connectivity index (χ3n) is 4.81. The zero-order chi connectivity index (χ0) is 18.7. The molecule has 3 rings (SSSR count). The molecule has 0 atom stereocenters. The lowest BCUT2D eigenvalue weighted by Crippen LogP contribution is -2.30. The molecule has 0 saturated carbocycles. The first-order chi connectivity index (χ1) is 12.4. The van der Waals surface area contributed by atoms with E-state index >= 15 is 0 Å². The van der Waals surface area contributed by atoms with E-state index in [4.69, 9.17) is 4.74 Å². The van der Waals surface area contributed by atoms with E-state index in [1.54, 1.807) is 6.92 Å². The molecule has 0 bridgehead atoms. The second-order valence-electron chi connectivity index (χ2n) is 6.50. The van der Waals surface area contributed by atoms with Crippen molar-refractivity contribution in [2.75, 3.05) is 24.3 Å². The molecule has 26 heavy (non-hydrogen) atoms. The van der Waals surface area contributed by atoms with E-state index in [2.05, 4.69) is 20.1 Å². The number of sulfonamides is 1. The Morgan fingerprint density at radius 2 is 2.04 bits per heavy atom. The van der Waals surface area contributed by atoms with Gasteiger partial charge in [0.15, 0.2) is 5.65 Å². The number of rotatable bonds is 7. The van der Waals surface area contributed by atoms with Crippen LogP contribution in [0.3, 0.4) is 0 Å². The van der Waals surface area contributed by atoms with Gasteiger partial charge >= 0.3 is 0 Å². The zero-order valence-electron chi connectivity index (χ0n) is 15.6. The Morgan fingerprint density at radius 1 is 1.31 bits per heavy atom. The standard InChI is InChI=1S/C17H27N5O3S/c1-4-22-17-15(10-18-22)16(21-13-6-8-25-9-7-13)14(12(3)20-17)11-19-26(23,24)5-2/h10,13,19H,4-9,11H2,1-3H3,(H,20,21). The van der Waals surface area contributed by atoms with Crippen LogP contribution in [0.15, 0.2) is 6.20 Å². The molecule has 144 valence electrons. The predicted octanol–water partition coefficient (Wildman–Crippen LogP) is 1.79. The maximum Gasteiger partial charge on any atom is 0.211 e. The van der Waals surface area contributed by atoms with Crippen molar-refractivity contribution in [1.82, 2.24) is 19.5 Å². The third kappa shape index (κ3) is 3.99. The number of ether oxygens (including phenoxy) is 1. The van der Waals surface area contributed by atoms with Gasteiger partial charge in [0.05, 0.1) is 23.0 Å². The van der Waals surface area contributed by atoms with E-state index in [1.807, 2.05) is 24.7 Å². The van der Waals surface area contributed by atoms with Gasteiger partial charge in [-0.2, -0.15) is 5.10 Å². The molecule has 0 unspecified atom stereocenters. The second kappa shape index (κ2) is 7.89. The van der Waals surface area contributed by atoms with Gasteiger partial charge in [-0.05, 0) is 33.6 Å². The molecule has 1 fully saturated rings. The molecule has 2 aromatic rings. The minimum atomic E-state index is -3.28. The highest BCUT2D eigenvalue weighted by Gasteiger charge is 2.21. The van der Waals surface area contributed by atoms with E-state index in [0.29, 0.717) is 6.04 Å². The summed E-state index contributed by atoms with van der Waals surface area (Å²) in [5.74, 6) is 0.0538. The second-order valence-corrected chi connectivity index (χ2v) is 8.60. The lowest BCUT2D eigenvalue weighted by molar-refractivity contribution is 0.0904. The van der Waals surface area contributed by atoms with Crippen molar-refractivity contribution in [2.45, 2.75) is 52.7 Å². The molecule has 9 heteroatoms. The molecule has 1 saturated heterocycles. The largest absolute Gasteiger partial charge is 0.381 e. The van der Waals surface area contributed by atoms with E-state index < -0.39 is 10.0 Å². The topological polar surface area (TPSA) is 98.1 Å². The number of pyridine rings is 1. The van der Waals surface area contributed by atoms with Crippen LogP contribution in [-0.2, 0) is 27.8 Å². The summed E-state index contributed by atoms with van der Waals surface area (Å²) in [6.07, 6.45) is 3.65. The van der Waals surface area contributed by atoms with E-state index in [-0.39, 0.29) is 12.3 Å². The van der Waals surface area contributed by atoms with Gasteiger partial charge in [-0.3, -0.25) is 0 Å². The number of fused-ring (bicyclic) bond motifs is 1. The quantitative estimate of drug-likeness (QED) is 0.759. The minimum Gasteiger partial charge on any atom is -0.381 e. The van der Waals surface area contributed by atoms with Crippen LogP contribution in [0.4, 0.5) is 5.69 Å². The van der Waals surface area contributed by atoms with Gasteiger partial charge in [0, 0.05) is 43.6 Å². The Morgan fingerprint density at radius 3 is 2.69 bits per heavy atom. The number of aryl methyl sites for hydroxylation is 2. The van der Waals surface area contributed by atoms with E-state index in [1.165, 1.54) is 0 Å². The molecule has 1 aliphatic rings. The maximum absolute atomic E-state index is 11.9. The molecule has 2 N–H and O–H groups in total. The van der Waals surface area contributed by atoms with Gasteiger partial charge in [0.1, 0.15) is 0 Å². The average Bonchev–Trinajstić information content (AvgIpc) is 3.04. The van der Waals surface area contributed by atoms with Crippen molar-refractivity contribution in [1.29, 1.82) is 0 Å². The Labute approximate surface area is 154 Å². The van der Waals surface area contributed by atoms with E-state index in [0.717, 1.165) is 60.6 Å². The fourth-order valence-electron chi connectivity index (χ4n) is 3.19. The molecule has 3 heterocycles. The van der Waals surface area contributed by atoms with Crippen LogP contribution in [0.5, 0.6) is 0 Å². The number of hydrogen-bond donors (Lipinski definition) is 2. The average molecular weight is 382 g/mol. The number of anilines is 1. The Bertz CT molecular complexity index is 872. The summed E-state index contributed by atoms with van der Waals surface area (Å²) in [6.45, 7) is 7.98. The van der Waals surface area contributed by atoms with Gasteiger partial charge < -0.3 is 10.1 Å². The summed E-state index contributed by atoms with van der Waals surface area (Å²) in [6, 6.07) is 0.292. The smallest absolute Gasteiger partial charge is 0.211 e. The van der Waals surface area contributed by atoms with Gasteiger partial charge in [-0.1, -0.05) is 0 Å². The summed E-state index contributed by atoms with van der Waals surface area (Å²) in [5.41, 5.74) is 3.43. The van der Waals surface area contributed by atoms with Crippen molar-refractivity contribution >= 4 is 26.7 Å². The SMILES string of the molecule is CCn1ncc2c(NC3CCOCC3)c(CNS(=O)(=O)CC)c(C)nc21. The highest BCUT2D eigenvalue weighted by molar-refractivity contribution is 7.89. The van der Waals surface area contributed by atoms with Crippen LogP contribution in [0, 0.1) is 6.92 Å². The van der Waals surface area contributed by atoms with Crippen LogP contribution in [-0.4, -0.2) is 48.2 Å². The summed E-state index contributed by atoms with van der Waals surface area (Å²) in [7, 11) is -3.28. The molecular weight excluding hydrogens is 354 g/mol. The number of nitrogens with one attached hydrogen (secondary N) is 2. The van der Waals surface area contributed by atoms with Crippen molar-refractivity contribution in [2.24, 2.45) is 0 Å². The molecule has 1 aliphatic heterocycles. The summed E-state index contributed by atoms with van der Waals surface area (Å²) < 4.78 is 33.8. The molecule has 0 radical (unpaired) electrons. The van der Waals surface area contributed by atoms with Gasteiger partial charge in [-0.25, -0.2) is 22.8 Å². The minimum absolute atomic E-state index is 0.0538. The monoisotopic (exact) mass is 381 g/mol. The molecule has 2 aromatic heterocycles. The number of nitrogens with zero attached hydrogens (tertiary/aromatic N) is 3. The first-order valence-electron chi connectivity index (χ1n) is 9.11. The Balaban J connectivity index is 2.02. The normalized spacial score (nSPS) is 16.3. The maximum atomic E-state index is 11.9. The Kier molecular flexibility index (Phi) is 5.79. The lowest BCUT2D eigenvalue weighted by Gasteiger charge is -2.26. The van der Waals surface area contributed by atoms with Crippen LogP contribution in [0.2, 0.25) is 0 Å². The molecule has 8 nitrogen and oxygen atoms in total. The Hall–Kier alpha value is -1.71. The molecule has 0 amide bonds. The first kappa shape index (κ1) is 19.1. The lowest BCUT2D eigenvalue weighted by atomic mass is 10.1. The summed E-state index contributed by atoms with van der Waals surface area (Å²) in [5, 5.41) is 8.97. The molecule has 0 aliphatic carbocycles. The highest BCUT2D eigenvalue weighted by atomic mass is 32.2. The highest BCUT2D eigenvalue weighted by Crippen LogP contribution is 2.30. The van der Waals surface area contributed by atoms with Crippen LogP contribution >= 0.6 is 0 Å². The number of aromatic nitrogens is 3. The first-order valence-corrected chi connectivity index (χ1v) is 10.8. The van der Waals surface area contributed by atoms with E-state index in [9.17, 15) is 8.42 Å². The molecular formula is C17H27N5O3S. The van der Waals surface area contributed by atoms with Crippen molar-refractivity contribution < 1.29 is 13.2 Å². The summed E-state index contributed by atoms with van der Waals surface area (Å²) in [4.78, 5) is 4.69. The van der Waals surface area contributed by atoms with Gasteiger partial charge in [0.2, 0.25) is 10.0 Å². The van der Waals surface area contributed by atoms with Crippen LogP contribution in [0.25, 0.3) is 11.0 Å². The van der Waals surface area contributed by atoms with Crippen LogP contribution < -0.4 is 10.0 Å². The van der Waals surface area contributed by atoms with Crippen molar-refractivity contribution in [3.05, 3.63) is 17.5 Å². The fourth-order valence-corrected chi connectivity index (χ4v) is 3.75. The van der Waals surface area contributed by atoms with Crippen molar-refractivity contribution in [3.8, 4) is 0 Å². The van der Waals surface area contributed by atoms with Crippen molar-refractivity contribution in [3.63, 3.8) is 0 Å². The fraction of sp³-hybridized carbons (Fsp3) is 0.647. The van der Waals surface area contributed by atoms with Gasteiger partial charge in [0.25, 0.3) is 0 Å². The number of hydrogen-bond acceptors (Lipinski definition) is 6. The van der Waals surface area contributed by atoms with Crippen LogP contribution in [0.1, 0.15) is 37.9 Å². The third-order valence-corrected chi connectivity index (χ3v) is 6.16. The predicted molar refractivity (Wildman–Crippen MR) is 102 cm³/mol. The molecule has 0 aromatic carbocycles.